The molecule has 6 nitrogen and oxygen atoms in total. The van der Waals surface area contributed by atoms with Crippen LogP contribution in [0.15, 0.2) is 24.3 Å². The Labute approximate surface area is 146 Å². The standard InChI is InChI=1S/C17H24N2O4S/c1-12-16(21)19(10-8-15(20)18-9-11-22-2)17(24-12)13-6-4-5-7-14(13)23-3/h4-7,12,17H,8-11H2,1-3H3,(H,18,20)/t12-,17-/m1/s1. The molecule has 1 saturated heterocycles. The Morgan fingerprint density at radius 1 is 1.33 bits per heavy atom. The summed E-state index contributed by atoms with van der Waals surface area (Å²) in [6.45, 7) is 3.24. The number of nitrogens with one attached hydrogen (secondary N) is 1. The van der Waals surface area contributed by atoms with Gasteiger partial charge in [-0.15, -0.1) is 11.8 Å². The number of hydrogen-bond donors (Lipinski definition) is 1. The van der Waals surface area contributed by atoms with Crippen LogP contribution >= 0.6 is 11.8 Å². The Bertz CT molecular complexity index is 581. The summed E-state index contributed by atoms with van der Waals surface area (Å²) in [4.78, 5) is 26.1. The maximum absolute atomic E-state index is 12.5. The molecule has 0 aliphatic carbocycles. The van der Waals surface area contributed by atoms with E-state index in [1.165, 1.54) is 0 Å². The van der Waals surface area contributed by atoms with Crippen LogP contribution in [-0.2, 0) is 14.3 Å². The zero-order valence-electron chi connectivity index (χ0n) is 14.3. The van der Waals surface area contributed by atoms with E-state index in [0.717, 1.165) is 11.3 Å². The van der Waals surface area contributed by atoms with Gasteiger partial charge in [-0.2, -0.15) is 0 Å². The van der Waals surface area contributed by atoms with Gasteiger partial charge in [0.2, 0.25) is 11.8 Å². The third kappa shape index (κ3) is 4.42. The SMILES string of the molecule is COCCNC(=O)CCN1C(=O)[C@@H](C)S[C@@H]1c1ccccc1OC. The summed E-state index contributed by atoms with van der Waals surface area (Å²) in [5, 5.41) is 2.52. The summed E-state index contributed by atoms with van der Waals surface area (Å²) in [6, 6.07) is 7.69. The summed E-state index contributed by atoms with van der Waals surface area (Å²) < 4.78 is 10.3. The lowest BCUT2D eigenvalue weighted by atomic mass is 10.1. The van der Waals surface area contributed by atoms with Crippen molar-refractivity contribution in [2.45, 2.75) is 24.0 Å². The number of rotatable bonds is 8. The van der Waals surface area contributed by atoms with Gasteiger partial charge in [0.25, 0.3) is 0 Å². The topological polar surface area (TPSA) is 67.9 Å². The van der Waals surface area contributed by atoms with Crippen LogP contribution in [0.2, 0.25) is 0 Å². The first-order valence-corrected chi connectivity index (χ1v) is 8.87. The molecule has 0 radical (unpaired) electrons. The van der Waals surface area contributed by atoms with Gasteiger partial charge in [0.15, 0.2) is 0 Å². The molecule has 1 heterocycles. The van der Waals surface area contributed by atoms with E-state index < -0.39 is 0 Å². The zero-order valence-corrected chi connectivity index (χ0v) is 15.1. The second kappa shape index (κ2) is 8.94. The van der Waals surface area contributed by atoms with Crippen LogP contribution in [0.25, 0.3) is 0 Å². The molecular weight excluding hydrogens is 328 g/mol. The number of nitrogens with zero attached hydrogens (tertiary/aromatic N) is 1. The molecule has 1 N–H and O–H groups in total. The first-order chi connectivity index (χ1) is 11.6. The van der Waals surface area contributed by atoms with E-state index in [2.05, 4.69) is 5.32 Å². The number of ether oxygens (including phenoxy) is 2. The monoisotopic (exact) mass is 352 g/mol. The lowest BCUT2D eigenvalue weighted by Gasteiger charge is -2.25. The summed E-state index contributed by atoms with van der Waals surface area (Å²) in [7, 11) is 3.21. The lowest BCUT2D eigenvalue weighted by Crippen LogP contribution is -2.35. The van der Waals surface area contributed by atoms with Crippen LogP contribution < -0.4 is 10.1 Å². The Kier molecular flexibility index (Phi) is 6.93. The van der Waals surface area contributed by atoms with E-state index in [4.69, 9.17) is 9.47 Å². The molecule has 0 saturated carbocycles. The number of para-hydroxylation sites is 1. The summed E-state index contributed by atoms with van der Waals surface area (Å²) in [5.74, 6) is 0.732. The fourth-order valence-corrected chi connectivity index (χ4v) is 3.95. The van der Waals surface area contributed by atoms with Crippen LogP contribution in [0.4, 0.5) is 0 Å². The quantitative estimate of drug-likeness (QED) is 0.723. The predicted octanol–water partition coefficient (Wildman–Crippen LogP) is 1.81. The Balaban J connectivity index is 2.05. The maximum atomic E-state index is 12.5. The minimum absolute atomic E-state index is 0.0561. The predicted molar refractivity (Wildman–Crippen MR) is 94.0 cm³/mol. The van der Waals surface area contributed by atoms with E-state index in [1.807, 2.05) is 31.2 Å². The van der Waals surface area contributed by atoms with Crippen molar-refractivity contribution in [1.82, 2.24) is 10.2 Å². The molecule has 0 unspecified atom stereocenters. The van der Waals surface area contributed by atoms with Crippen molar-refractivity contribution in [2.75, 3.05) is 33.9 Å². The molecular formula is C17H24N2O4S. The molecule has 2 rings (SSSR count). The highest BCUT2D eigenvalue weighted by Gasteiger charge is 2.39. The number of amides is 2. The van der Waals surface area contributed by atoms with Crippen molar-refractivity contribution >= 4 is 23.6 Å². The van der Waals surface area contributed by atoms with Crippen LogP contribution in [-0.4, -0.2) is 55.9 Å². The van der Waals surface area contributed by atoms with Crippen LogP contribution in [0.1, 0.15) is 24.3 Å². The van der Waals surface area contributed by atoms with Crippen molar-refractivity contribution in [3.05, 3.63) is 29.8 Å². The summed E-state index contributed by atoms with van der Waals surface area (Å²) >= 11 is 1.58. The Morgan fingerprint density at radius 3 is 2.79 bits per heavy atom. The Morgan fingerprint density at radius 2 is 2.08 bits per heavy atom. The van der Waals surface area contributed by atoms with E-state index >= 15 is 0 Å². The molecule has 2 amide bonds. The molecule has 0 aromatic heterocycles. The van der Waals surface area contributed by atoms with Crippen molar-refractivity contribution in [1.29, 1.82) is 0 Å². The lowest BCUT2D eigenvalue weighted by molar-refractivity contribution is -0.130. The third-order valence-electron chi connectivity index (χ3n) is 3.86. The molecule has 1 fully saturated rings. The van der Waals surface area contributed by atoms with Gasteiger partial charge in [-0.1, -0.05) is 18.2 Å². The van der Waals surface area contributed by atoms with Crippen molar-refractivity contribution in [3.63, 3.8) is 0 Å². The summed E-state index contributed by atoms with van der Waals surface area (Å²) in [6.07, 6.45) is 0.272. The Hall–Kier alpha value is -1.73. The van der Waals surface area contributed by atoms with Gasteiger partial charge in [-0.3, -0.25) is 9.59 Å². The normalized spacial score (nSPS) is 20.3. The first-order valence-electron chi connectivity index (χ1n) is 7.93. The zero-order chi connectivity index (χ0) is 17.5. The number of benzene rings is 1. The summed E-state index contributed by atoms with van der Waals surface area (Å²) in [5.41, 5.74) is 0.961. The van der Waals surface area contributed by atoms with Gasteiger partial charge >= 0.3 is 0 Å². The fraction of sp³-hybridized carbons (Fsp3) is 0.529. The highest BCUT2D eigenvalue weighted by Crippen LogP contribution is 2.45. The second-order valence-corrected chi connectivity index (χ2v) is 6.92. The molecule has 1 aliphatic rings. The van der Waals surface area contributed by atoms with Crippen LogP contribution in [0, 0.1) is 0 Å². The van der Waals surface area contributed by atoms with Gasteiger partial charge in [-0.05, 0) is 13.0 Å². The number of methoxy groups -OCH3 is 2. The van der Waals surface area contributed by atoms with Gasteiger partial charge in [0.1, 0.15) is 11.1 Å². The highest BCUT2D eigenvalue weighted by molar-refractivity contribution is 8.01. The van der Waals surface area contributed by atoms with Gasteiger partial charge in [-0.25, -0.2) is 0 Å². The van der Waals surface area contributed by atoms with E-state index in [0.29, 0.717) is 19.7 Å². The second-order valence-electron chi connectivity index (χ2n) is 5.50. The van der Waals surface area contributed by atoms with E-state index in [-0.39, 0.29) is 28.9 Å². The molecule has 2 atom stereocenters. The smallest absolute Gasteiger partial charge is 0.236 e. The average molecular weight is 352 g/mol. The molecule has 1 aliphatic heterocycles. The fourth-order valence-electron chi connectivity index (χ4n) is 2.62. The molecule has 0 spiro atoms. The highest BCUT2D eigenvalue weighted by atomic mass is 32.2. The molecule has 132 valence electrons. The van der Waals surface area contributed by atoms with Crippen LogP contribution in [0.5, 0.6) is 5.75 Å². The first kappa shape index (κ1) is 18.6. The van der Waals surface area contributed by atoms with E-state index in [1.54, 1.807) is 30.9 Å². The average Bonchev–Trinajstić information content (AvgIpc) is 2.88. The van der Waals surface area contributed by atoms with Gasteiger partial charge in [0.05, 0.1) is 19.0 Å². The molecule has 1 aromatic carbocycles. The van der Waals surface area contributed by atoms with Crippen molar-refractivity contribution in [2.24, 2.45) is 0 Å². The van der Waals surface area contributed by atoms with E-state index in [9.17, 15) is 9.59 Å². The van der Waals surface area contributed by atoms with Gasteiger partial charge < -0.3 is 19.7 Å². The molecule has 1 aromatic rings. The molecule has 24 heavy (non-hydrogen) atoms. The van der Waals surface area contributed by atoms with Gasteiger partial charge in [0, 0.05) is 32.2 Å². The molecule has 7 heteroatoms. The number of carbonyl (C=O) groups excluding carboxylic acids is 2. The maximum Gasteiger partial charge on any atom is 0.236 e. The number of carbonyl (C=O) groups is 2. The van der Waals surface area contributed by atoms with Crippen LogP contribution in [0.3, 0.4) is 0 Å². The number of hydrogen-bond acceptors (Lipinski definition) is 5. The minimum atomic E-state index is -0.129. The largest absolute Gasteiger partial charge is 0.496 e. The third-order valence-corrected chi connectivity index (χ3v) is 5.24. The number of thioether (sulfide) groups is 1. The van der Waals surface area contributed by atoms with Crippen molar-refractivity contribution in [3.8, 4) is 5.75 Å². The minimum Gasteiger partial charge on any atom is -0.496 e. The molecule has 0 bridgehead atoms. The van der Waals surface area contributed by atoms with Crippen molar-refractivity contribution < 1.29 is 19.1 Å².